The van der Waals surface area contributed by atoms with Crippen molar-refractivity contribution >= 4 is 23.8 Å². The van der Waals surface area contributed by atoms with E-state index in [-0.39, 0.29) is 18.6 Å². The molecule has 0 aliphatic carbocycles. The summed E-state index contributed by atoms with van der Waals surface area (Å²) in [4.78, 5) is 24.9. The van der Waals surface area contributed by atoms with Crippen LogP contribution in [-0.2, 0) is 20.9 Å². The number of ether oxygens (including phenoxy) is 1. The molecule has 37 heavy (non-hydrogen) atoms. The van der Waals surface area contributed by atoms with Crippen molar-refractivity contribution < 1.29 is 14.3 Å². The first-order valence-corrected chi connectivity index (χ1v) is 13.2. The van der Waals surface area contributed by atoms with Gasteiger partial charge in [0, 0.05) is 5.75 Å². The maximum Gasteiger partial charge on any atom is 0.408 e. The predicted molar refractivity (Wildman–Crippen MR) is 147 cm³/mol. The predicted octanol–water partition coefficient (Wildman–Crippen LogP) is 5.51. The van der Waals surface area contributed by atoms with Crippen LogP contribution in [0.2, 0.25) is 0 Å². The van der Waals surface area contributed by atoms with Crippen molar-refractivity contribution in [2.45, 2.75) is 23.4 Å². The van der Waals surface area contributed by atoms with E-state index in [2.05, 4.69) is 83.4 Å². The average Bonchev–Trinajstić information content (AvgIpc) is 2.97. The Morgan fingerprint density at radius 3 is 1.68 bits per heavy atom. The fourth-order valence-electron chi connectivity index (χ4n) is 4.62. The van der Waals surface area contributed by atoms with Crippen molar-refractivity contribution in [1.82, 2.24) is 10.6 Å². The standard InChI is InChI=1S/C31H28N2O3S/c34-29-28(33-30(35)36-21-23-13-5-1-6-14-23)27(32-29)22-37-31(24-15-7-2-8-16-24,25-17-9-3-10-18-25)26-19-11-4-12-20-26/h1-20,27-28H,21-22H2,(H,32,34)(H,33,35). The third-order valence-electron chi connectivity index (χ3n) is 6.52. The molecule has 0 saturated carbocycles. The third kappa shape index (κ3) is 5.39. The quantitative estimate of drug-likeness (QED) is 0.231. The second-order valence-corrected chi connectivity index (χ2v) is 10.1. The lowest BCUT2D eigenvalue weighted by molar-refractivity contribution is -0.130. The number of thioether (sulfide) groups is 1. The fraction of sp³-hybridized carbons (Fsp3) is 0.161. The number of hydrogen-bond donors (Lipinski definition) is 2. The Kier molecular flexibility index (Phi) is 7.57. The number of hydrogen-bond acceptors (Lipinski definition) is 4. The van der Waals surface area contributed by atoms with Crippen LogP contribution in [0.25, 0.3) is 0 Å². The van der Waals surface area contributed by atoms with E-state index < -0.39 is 16.9 Å². The number of benzene rings is 4. The number of rotatable bonds is 9. The SMILES string of the molecule is O=C(NC1C(=O)NC1CSC(c1ccccc1)(c1ccccc1)c1ccccc1)OCc1ccccc1. The molecule has 0 bridgehead atoms. The molecule has 5 rings (SSSR count). The summed E-state index contributed by atoms with van der Waals surface area (Å²) in [7, 11) is 0. The maximum absolute atomic E-state index is 12.5. The van der Waals surface area contributed by atoms with Gasteiger partial charge in [-0.3, -0.25) is 4.79 Å². The molecule has 6 heteroatoms. The van der Waals surface area contributed by atoms with Crippen molar-refractivity contribution in [2.75, 3.05) is 5.75 Å². The summed E-state index contributed by atoms with van der Waals surface area (Å²) >= 11 is 1.75. The van der Waals surface area contributed by atoms with Gasteiger partial charge in [-0.05, 0) is 22.3 Å². The van der Waals surface area contributed by atoms with Crippen LogP contribution in [0.15, 0.2) is 121 Å². The van der Waals surface area contributed by atoms with Crippen molar-refractivity contribution in [3.8, 4) is 0 Å². The first-order chi connectivity index (χ1) is 18.2. The first kappa shape index (κ1) is 24.7. The minimum Gasteiger partial charge on any atom is -0.445 e. The van der Waals surface area contributed by atoms with Crippen molar-refractivity contribution in [3.63, 3.8) is 0 Å². The molecule has 1 aliphatic rings. The zero-order valence-electron chi connectivity index (χ0n) is 20.2. The van der Waals surface area contributed by atoms with Gasteiger partial charge in [0.15, 0.2) is 0 Å². The summed E-state index contributed by atoms with van der Waals surface area (Å²) in [5.74, 6) is 0.389. The van der Waals surface area contributed by atoms with E-state index in [1.54, 1.807) is 11.8 Å². The topological polar surface area (TPSA) is 67.4 Å². The average molecular weight is 509 g/mol. The summed E-state index contributed by atoms with van der Waals surface area (Å²) in [6, 6.07) is 39.8. The van der Waals surface area contributed by atoms with Gasteiger partial charge in [-0.15, -0.1) is 11.8 Å². The molecule has 0 spiro atoms. The van der Waals surface area contributed by atoms with Crippen LogP contribution in [0.1, 0.15) is 22.3 Å². The van der Waals surface area contributed by atoms with E-state index in [0.717, 1.165) is 22.3 Å². The molecule has 2 atom stereocenters. The molecule has 1 fully saturated rings. The second kappa shape index (κ2) is 11.4. The van der Waals surface area contributed by atoms with Gasteiger partial charge in [0.05, 0.1) is 10.8 Å². The summed E-state index contributed by atoms with van der Waals surface area (Å²) < 4.78 is 4.85. The number of alkyl carbamates (subject to hydrolysis) is 1. The van der Waals surface area contributed by atoms with E-state index in [9.17, 15) is 9.59 Å². The van der Waals surface area contributed by atoms with Gasteiger partial charge in [0.1, 0.15) is 12.6 Å². The van der Waals surface area contributed by atoms with E-state index in [4.69, 9.17) is 4.74 Å². The van der Waals surface area contributed by atoms with E-state index in [1.807, 2.05) is 48.5 Å². The molecule has 2 unspecified atom stereocenters. The third-order valence-corrected chi connectivity index (χ3v) is 8.18. The molecule has 4 aromatic carbocycles. The number of carbonyl (C=O) groups excluding carboxylic acids is 2. The lowest BCUT2D eigenvalue weighted by Gasteiger charge is -2.41. The highest BCUT2D eigenvalue weighted by atomic mass is 32.2. The van der Waals surface area contributed by atoms with Gasteiger partial charge < -0.3 is 15.4 Å². The number of nitrogens with one attached hydrogen (secondary N) is 2. The normalized spacial score (nSPS) is 16.8. The van der Waals surface area contributed by atoms with E-state index in [0.29, 0.717) is 5.75 Å². The largest absolute Gasteiger partial charge is 0.445 e. The monoisotopic (exact) mass is 508 g/mol. The number of amides is 2. The van der Waals surface area contributed by atoms with Gasteiger partial charge in [-0.25, -0.2) is 4.79 Å². The smallest absolute Gasteiger partial charge is 0.408 e. The van der Waals surface area contributed by atoms with Crippen molar-refractivity contribution in [3.05, 3.63) is 144 Å². The molecule has 186 valence electrons. The van der Waals surface area contributed by atoms with Crippen molar-refractivity contribution in [1.29, 1.82) is 0 Å². The summed E-state index contributed by atoms with van der Waals surface area (Å²) in [6.45, 7) is 0.152. The van der Waals surface area contributed by atoms with Gasteiger partial charge in [0.2, 0.25) is 5.91 Å². The Labute approximate surface area is 221 Å². The second-order valence-electron chi connectivity index (χ2n) is 8.89. The molecule has 1 heterocycles. The van der Waals surface area contributed by atoms with E-state index in [1.165, 1.54) is 0 Å². The van der Waals surface area contributed by atoms with Gasteiger partial charge in [0.25, 0.3) is 0 Å². The van der Waals surface area contributed by atoms with Crippen LogP contribution < -0.4 is 10.6 Å². The van der Waals surface area contributed by atoms with Gasteiger partial charge in [-0.2, -0.15) is 0 Å². The lowest BCUT2D eigenvalue weighted by atomic mass is 9.84. The number of carbonyl (C=O) groups is 2. The molecule has 0 aromatic heterocycles. The van der Waals surface area contributed by atoms with Gasteiger partial charge >= 0.3 is 6.09 Å². The van der Waals surface area contributed by atoms with Crippen LogP contribution in [0.5, 0.6) is 0 Å². The molecule has 2 N–H and O–H groups in total. The van der Waals surface area contributed by atoms with Crippen molar-refractivity contribution in [2.24, 2.45) is 0 Å². The van der Waals surface area contributed by atoms with E-state index >= 15 is 0 Å². The first-order valence-electron chi connectivity index (χ1n) is 12.2. The van der Waals surface area contributed by atoms with Crippen LogP contribution in [-0.4, -0.2) is 29.8 Å². The maximum atomic E-state index is 12.5. The highest BCUT2D eigenvalue weighted by molar-refractivity contribution is 8.00. The Hall–Kier alpha value is -4.03. The highest BCUT2D eigenvalue weighted by Gasteiger charge is 2.44. The molecular formula is C31H28N2O3S. The minimum absolute atomic E-state index is 0.152. The zero-order chi connectivity index (χ0) is 25.5. The molecule has 5 nitrogen and oxygen atoms in total. The summed E-state index contributed by atoms with van der Waals surface area (Å²) in [5.41, 5.74) is 4.33. The highest BCUT2D eigenvalue weighted by Crippen LogP contribution is 2.48. The zero-order valence-corrected chi connectivity index (χ0v) is 21.1. The Morgan fingerprint density at radius 2 is 1.22 bits per heavy atom. The van der Waals surface area contributed by atoms with Crippen LogP contribution in [0.4, 0.5) is 4.79 Å². The lowest BCUT2D eigenvalue weighted by Crippen LogP contribution is -2.70. The molecule has 0 radical (unpaired) electrons. The molecular weight excluding hydrogens is 480 g/mol. The van der Waals surface area contributed by atoms with Crippen LogP contribution >= 0.6 is 11.8 Å². The summed E-state index contributed by atoms with van der Waals surface area (Å²) in [6.07, 6.45) is -0.598. The van der Waals surface area contributed by atoms with Crippen LogP contribution in [0.3, 0.4) is 0 Å². The fourth-order valence-corrected chi connectivity index (χ4v) is 6.24. The van der Waals surface area contributed by atoms with Crippen LogP contribution in [0, 0.1) is 0 Å². The Morgan fingerprint density at radius 1 is 0.757 bits per heavy atom. The molecule has 4 aromatic rings. The Bertz CT molecular complexity index is 1220. The summed E-state index contributed by atoms with van der Waals surface area (Å²) in [5, 5.41) is 5.72. The number of β-lactam (4-membered cyclic amide) rings is 1. The Balaban J connectivity index is 1.36. The molecule has 1 aliphatic heterocycles. The minimum atomic E-state index is -0.643. The van der Waals surface area contributed by atoms with Gasteiger partial charge in [-0.1, -0.05) is 121 Å². The molecule has 2 amide bonds. The molecule has 1 saturated heterocycles.